The van der Waals surface area contributed by atoms with Crippen molar-refractivity contribution in [2.45, 2.75) is 17.3 Å². The number of fused-ring (bicyclic) bond motifs is 1. The largest absolute Gasteiger partial charge is 0.464 e. The number of hydrogen-bond donors (Lipinski definition) is 1. The molecule has 0 spiro atoms. The van der Waals surface area contributed by atoms with Crippen molar-refractivity contribution in [2.24, 2.45) is 7.05 Å². The summed E-state index contributed by atoms with van der Waals surface area (Å²) >= 11 is 2.93. The van der Waals surface area contributed by atoms with Crippen molar-refractivity contribution in [1.29, 1.82) is 0 Å². The van der Waals surface area contributed by atoms with E-state index in [1.165, 1.54) is 23.1 Å². The van der Waals surface area contributed by atoms with Gasteiger partial charge in [0.2, 0.25) is 0 Å². The standard InChI is InChI=1S/C15H13N5O2S2/c1-8(24-15-19-16-7-20(15)2)12-17-13(21)11-9(6-23-14(11)18-12)10-4-3-5-22-10/h3-8H,1-2H3,(H,17,18,21). The summed E-state index contributed by atoms with van der Waals surface area (Å²) in [4.78, 5) is 20.8. The number of thioether (sulfide) groups is 1. The molecule has 24 heavy (non-hydrogen) atoms. The number of nitrogens with zero attached hydrogens (tertiary/aromatic N) is 4. The maximum Gasteiger partial charge on any atom is 0.260 e. The van der Waals surface area contributed by atoms with Gasteiger partial charge in [0.1, 0.15) is 22.7 Å². The Morgan fingerprint density at radius 3 is 3.04 bits per heavy atom. The molecular formula is C15H13N5O2S2. The van der Waals surface area contributed by atoms with Crippen LogP contribution in [0.4, 0.5) is 0 Å². The third-order valence-electron chi connectivity index (χ3n) is 3.59. The highest BCUT2D eigenvalue weighted by Crippen LogP contribution is 2.34. The van der Waals surface area contributed by atoms with Crippen LogP contribution in [-0.2, 0) is 7.05 Å². The smallest absolute Gasteiger partial charge is 0.260 e. The van der Waals surface area contributed by atoms with E-state index >= 15 is 0 Å². The van der Waals surface area contributed by atoms with E-state index in [1.807, 2.05) is 30.0 Å². The second-order valence-electron chi connectivity index (χ2n) is 5.24. The maximum atomic E-state index is 12.6. The molecule has 0 saturated carbocycles. The van der Waals surface area contributed by atoms with Crippen molar-refractivity contribution in [1.82, 2.24) is 24.7 Å². The number of aryl methyl sites for hydroxylation is 1. The Hall–Kier alpha value is -2.39. The van der Waals surface area contributed by atoms with Crippen LogP contribution in [0.5, 0.6) is 0 Å². The van der Waals surface area contributed by atoms with Gasteiger partial charge in [0.15, 0.2) is 5.16 Å². The van der Waals surface area contributed by atoms with E-state index in [2.05, 4.69) is 20.2 Å². The van der Waals surface area contributed by atoms with Gasteiger partial charge in [-0.05, 0) is 19.1 Å². The fourth-order valence-corrected chi connectivity index (χ4v) is 4.15. The van der Waals surface area contributed by atoms with E-state index in [4.69, 9.17) is 4.42 Å². The monoisotopic (exact) mass is 359 g/mol. The fraction of sp³-hybridized carbons (Fsp3) is 0.200. The summed E-state index contributed by atoms with van der Waals surface area (Å²) in [5.41, 5.74) is 0.613. The first-order valence-electron chi connectivity index (χ1n) is 7.19. The second-order valence-corrected chi connectivity index (χ2v) is 7.41. The van der Waals surface area contributed by atoms with E-state index < -0.39 is 0 Å². The average molecular weight is 359 g/mol. The molecule has 4 aromatic rings. The van der Waals surface area contributed by atoms with Crippen molar-refractivity contribution in [3.63, 3.8) is 0 Å². The van der Waals surface area contributed by atoms with Crippen LogP contribution in [0, 0.1) is 0 Å². The van der Waals surface area contributed by atoms with Crippen LogP contribution in [0.2, 0.25) is 0 Å². The quantitative estimate of drug-likeness (QED) is 0.563. The van der Waals surface area contributed by atoms with Crippen LogP contribution < -0.4 is 5.56 Å². The Balaban J connectivity index is 1.74. The molecule has 0 bridgehead atoms. The lowest BCUT2D eigenvalue weighted by atomic mass is 10.2. The zero-order valence-corrected chi connectivity index (χ0v) is 14.5. The Kier molecular flexibility index (Phi) is 3.73. The number of H-pyrrole nitrogens is 1. The summed E-state index contributed by atoms with van der Waals surface area (Å²) in [6.45, 7) is 1.98. The van der Waals surface area contributed by atoms with Crippen LogP contribution in [0.3, 0.4) is 0 Å². The molecule has 4 aromatic heterocycles. The van der Waals surface area contributed by atoms with E-state index in [-0.39, 0.29) is 10.8 Å². The van der Waals surface area contributed by atoms with Crippen molar-refractivity contribution in [3.05, 3.63) is 46.3 Å². The molecular weight excluding hydrogens is 346 g/mol. The van der Waals surface area contributed by atoms with Gasteiger partial charge in [0.05, 0.1) is 16.9 Å². The number of thiophene rings is 1. The number of rotatable bonds is 4. The minimum absolute atomic E-state index is 0.0563. The van der Waals surface area contributed by atoms with Crippen molar-refractivity contribution >= 4 is 33.3 Å². The predicted octanol–water partition coefficient (Wildman–Crippen LogP) is 3.23. The summed E-state index contributed by atoms with van der Waals surface area (Å²) < 4.78 is 7.24. The van der Waals surface area contributed by atoms with Gasteiger partial charge in [0, 0.05) is 18.0 Å². The zero-order chi connectivity index (χ0) is 16.7. The lowest BCUT2D eigenvalue weighted by Gasteiger charge is -2.09. The topological polar surface area (TPSA) is 89.6 Å². The molecule has 0 aromatic carbocycles. The molecule has 1 unspecified atom stereocenters. The molecule has 7 nitrogen and oxygen atoms in total. The maximum absolute atomic E-state index is 12.6. The lowest BCUT2D eigenvalue weighted by Crippen LogP contribution is -2.12. The number of nitrogens with one attached hydrogen (secondary N) is 1. The number of furan rings is 1. The minimum atomic E-state index is -0.159. The third kappa shape index (κ3) is 2.55. The Morgan fingerprint density at radius 2 is 2.33 bits per heavy atom. The van der Waals surface area contributed by atoms with Gasteiger partial charge < -0.3 is 14.0 Å². The number of aromatic amines is 1. The summed E-state index contributed by atoms with van der Waals surface area (Å²) in [6.07, 6.45) is 3.23. The molecule has 4 rings (SSSR count). The first-order chi connectivity index (χ1) is 11.6. The molecule has 122 valence electrons. The van der Waals surface area contributed by atoms with E-state index in [9.17, 15) is 4.79 Å². The summed E-state index contributed by atoms with van der Waals surface area (Å²) in [5, 5.41) is 11.1. The third-order valence-corrected chi connectivity index (χ3v) is 5.62. The van der Waals surface area contributed by atoms with Crippen molar-refractivity contribution in [3.8, 4) is 11.3 Å². The highest BCUT2D eigenvalue weighted by Gasteiger charge is 2.18. The van der Waals surface area contributed by atoms with Gasteiger partial charge in [-0.1, -0.05) is 11.8 Å². The molecule has 0 radical (unpaired) electrons. The summed E-state index contributed by atoms with van der Waals surface area (Å²) in [7, 11) is 1.88. The molecule has 0 saturated heterocycles. The average Bonchev–Trinajstić information content (AvgIpc) is 3.28. The van der Waals surface area contributed by atoms with Gasteiger partial charge >= 0.3 is 0 Å². The molecule has 0 amide bonds. The van der Waals surface area contributed by atoms with Crippen LogP contribution in [-0.4, -0.2) is 24.7 Å². The Labute approximate surface area is 144 Å². The van der Waals surface area contributed by atoms with E-state index in [1.54, 1.807) is 18.7 Å². The summed E-state index contributed by atoms with van der Waals surface area (Å²) in [5.74, 6) is 1.29. The SMILES string of the molecule is CC(Sc1nncn1C)c1nc2scc(-c3ccco3)c2c(=O)[nH]1. The minimum Gasteiger partial charge on any atom is -0.464 e. The van der Waals surface area contributed by atoms with Crippen LogP contribution in [0.1, 0.15) is 18.0 Å². The Bertz CT molecular complexity index is 1050. The van der Waals surface area contributed by atoms with Gasteiger partial charge in [0.25, 0.3) is 5.56 Å². The lowest BCUT2D eigenvalue weighted by molar-refractivity contribution is 0.583. The number of aromatic nitrogens is 5. The molecule has 1 N–H and O–H groups in total. The van der Waals surface area contributed by atoms with Crippen LogP contribution >= 0.6 is 23.1 Å². The Morgan fingerprint density at radius 1 is 1.46 bits per heavy atom. The fourth-order valence-electron chi connectivity index (χ4n) is 2.36. The first-order valence-corrected chi connectivity index (χ1v) is 8.95. The molecule has 0 aliphatic rings. The van der Waals surface area contributed by atoms with Gasteiger partial charge in [-0.15, -0.1) is 21.5 Å². The molecule has 9 heteroatoms. The highest BCUT2D eigenvalue weighted by molar-refractivity contribution is 7.99. The first kappa shape index (κ1) is 15.2. The van der Waals surface area contributed by atoms with Gasteiger partial charge in [-0.3, -0.25) is 4.79 Å². The molecule has 0 aliphatic heterocycles. The van der Waals surface area contributed by atoms with Gasteiger partial charge in [-0.2, -0.15) is 0 Å². The van der Waals surface area contributed by atoms with Crippen molar-refractivity contribution < 1.29 is 4.42 Å². The molecule has 4 heterocycles. The highest BCUT2D eigenvalue weighted by atomic mass is 32.2. The zero-order valence-electron chi connectivity index (χ0n) is 12.9. The van der Waals surface area contributed by atoms with Crippen LogP contribution in [0.25, 0.3) is 21.5 Å². The molecule has 0 aliphatic carbocycles. The van der Waals surface area contributed by atoms with Crippen LogP contribution in [0.15, 0.2) is 44.5 Å². The van der Waals surface area contributed by atoms with E-state index in [0.29, 0.717) is 21.8 Å². The second kappa shape index (κ2) is 5.91. The summed E-state index contributed by atoms with van der Waals surface area (Å²) in [6, 6.07) is 3.63. The number of hydrogen-bond acceptors (Lipinski definition) is 7. The molecule has 1 atom stereocenters. The van der Waals surface area contributed by atoms with E-state index in [0.717, 1.165) is 10.7 Å². The van der Waals surface area contributed by atoms with Gasteiger partial charge in [-0.25, -0.2) is 4.98 Å². The van der Waals surface area contributed by atoms with Crippen molar-refractivity contribution in [2.75, 3.05) is 0 Å². The molecule has 0 fully saturated rings. The normalized spacial score (nSPS) is 12.8. The predicted molar refractivity (Wildman–Crippen MR) is 93.2 cm³/mol.